The summed E-state index contributed by atoms with van der Waals surface area (Å²) in [5, 5.41) is 0. The predicted molar refractivity (Wildman–Crippen MR) is 110 cm³/mol. The van der Waals surface area contributed by atoms with Crippen molar-refractivity contribution in [2.24, 2.45) is 0 Å². The van der Waals surface area contributed by atoms with E-state index in [1.165, 1.54) is 6.92 Å². The summed E-state index contributed by atoms with van der Waals surface area (Å²) in [6.45, 7) is 6.18. The van der Waals surface area contributed by atoms with E-state index in [-0.39, 0.29) is 30.9 Å². The average molecular weight is 413 g/mol. The molecule has 0 unspecified atom stereocenters. The number of hydrogen-bond acceptors (Lipinski definition) is 6. The number of aryl methyl sites for hydroxylation is 1. The molecule has 0 bridgehead atoms. The van der Waals surface area contributed by atoms with Crippen molar-refractivity contribution < 1.29 is 28.6 Å². The number of carbonyl (C=O) groups excluding carboxylic acids is 3. The zero-order chi connectivity index (χ0) is 21.7. The van der Waals surface area contributed by atoms with Crippen LogP contribution < -0.4 is 4.74 Å². The summed E-state index contributed by atoms with van der Waals surface area (Å²) in [7, 11) is 0. The summed E-state index contributed by atoms with van der Waals surface area (Å²) >= 11 is 0. The van der Waals surface area contributed by atoms with E-state index in [4.69, 9.17) is 14.2 Å². The Balaban J connectivity index is 1.50. The van der Waals surface area contributed by atoms with Gasteiger partial charge in [0.2, 0.25) is 5.78 Å². The van der Waals surface area contributed by atoms with Gasteiger partial charge in [-0.1, -0.05) is 0 Å². The summed E-state index contributed by atoms with van der Waals surface area (Å²) in [5.74, 6) is -0.483. The van der Waals surface area contributed by atoms with Crippen molar-refractivity contribution in [1.29, 1.82) is 0 Å². The first kappa shape index (κ1) is 21.8. The molecule has 2 aromatic rings. The maximum absolute atomic E-state index is 12.6. The van der Waals surface area contributed by atoms with Crippen LogP contribution in [0.5, 0.6) is 5.75 Å². The molecule has 0 aliphatic carbocycles. The summed E-state index contributed by atoms with van der Waals surface area (Å²) in [4.78, 5) is 35.8. The zero-order valence-electron chi connectivity index (χ0n) is 17.6. The molecule has 0 radical (unpaired) electrons. The fourth-order valence-electron chi connectivity index (χ4n) is 3.55. The molecule has 1 aliphatic rings. The molecule has 0 spiro atoms. The molecule has 1 aliphatic heterocycles. The summed E-state index contributed by atoms with van der Waals surface area (Å²) in [6.07, 6.45) is 2.27. The maximum atomic E-state index is 12.6. The molecular weight excluding hydrogens is 386 g/mol. The lowest BCUT2D eigenvalue weighted by molar-refractivity contribution is -0.144. The van der Waals surface area contributed by atoms with Crippen molar-refractivity contribution in [3.05, 3.63) is 52.8 Å². The minimum absolute atomic E-state index is 0.0467. The average Bonchev–Trinajstić information content (AvgIpc) is 3.34. The molecule has 3 rings (SSSR count). The molecule has 0 saturated carbocycles. The topological polar surface area (TPSA) is 83.8 Å². The van der Waals surface area contributed by atoms with Crippen LogP contribution in [0.2, 0.25) is 0 Å². The fraction of sp³-hybridized carbons (Fsp3) is 0.435. The lowest BCUT2D eigenvalue weighted by atomic mass is 10.1. The number of aromatic nitrogens is 1. The Morgan fingerprint density at radius 2 is 1.87 bits per heavy atom. The number of Topliss-reactive ketones (excluding diaryl/α,β-unsaturated/α-hetero) is 2. The van der Waals surface area contributed by atoms with E-state index < -0.39 is 5.97 Å². The third-order valence-corrected chi connectivity index (χ3v) is 5.27. The van der Waals surface area contributed by atoms with Crippen molar-refractivity contribution in [2.75, 3.05) is 19.8 Å². The van der Waals surface area contributed by atoms with Gasteiger partial charge in [0.15, 0.2) is 19.0 Å². The molecule has 7 nitrogen and oxygen atoms in total. The van der Waals surface area contributed by atoms with Gasteiger partial charge in [0.25, 0.3) is 0 Å². The number of esters is 1. The second-order valence-corrected chi connectivity index (χ2v) is 7.48. The highest BCUT2D eigenvalue weighted by molar-refractivity contribution is 5.99. The Morgan fingerprint density at radius 1 is 1.13 bits per heavy atom. The van der Waals surface area contributed by atoms with Gasteiger partial charge in [-0.25, -0.2) is 4.79 Å². The maximum Gasteiger partial charge on any atom is 0.344 e. The van der Waals surface area contributed by atoms with Gasteiger partial charge >= 0.3 is 5.97 Å². The Hall–Kier alpha value is -2.93. The molecule has 1 aromatic carbocycles. The third-order valence-electron chi connectivity index (χ3n) is 5.27. The van der Waals surface area contributed by atoms with Gasteiger partial charge < -0.3 is 18.8 Å². The minimum Gasteiger partial charge on any atom is -0.482 e. The van der Waals surface area contributed by atoms with Gasteiger partial charge in [-0.2, -0.15) is 0 Å². The predicted octanol–water partition coefficient (Wildman–Crippen LogP) is 3.29. The molecule has 1 fully saturated rings. The SMILES string of the molecule is CC(=O)c1ccc(OCC(=O)OCC(=O)c2cc(C)n(C[C@@H]3CCCO3)c2C)cc1. The summed E-state index contributed by atoms with van der Waals surface area (Å²) < 4.78 is 18.2. The quantitative estimate of drug-likeness (QED) is 0.463. The summed E-state index contributed by atoms with van der Waals surface area (Å²) in [5.41, 5.74) is 2.95. The molecule has 1 atom stereocenters. The molecule has 0 N–H and O–H groups in total. The normalized spacial score (nSPS) is 15.8. The number of nitrogens with zero attached hydrogens (tertiary/aromatic N) is 1. The number of carbonyl (C=O) groups is 3. The van der Waals surface area contributed by atoms with Crippen LogP contribution in [0.1, 0.15) is 51.9 Å². The lowest BCUT2D eigenvalue weighted by Crippen LogP contribution is -2.20. The summed E-state index contributed by atoms with van der Waals surface area (Å²) in [6, 6.07) is 8.29. The molecule has 2 heterocycles. The highest BCUT2D eigenvalue weighted by Gasteiger charge is 2.21. The third kappa shape index (κ3) is 5.36. The van der Waals surface area contributed by atoms with Crippen LogP contribution in [-0.2, 0) is 20.8 Å². The van der Waals surface area contributed by atoms with E-state index in [0.29, 0.717) is 16.9 Å². The van der Waals surface area contributed by atoms with Gasteiger partial charge in [-0.3, -0.25) is 9.59 Å². The Bertz CT molecular complexity index is 922. The molecule has 30 heavy (non-hydrogen) atoms. The lowest BCUT2D eigenvalue weighted by Gasteiger charge is -2.14. The van der Waals surface area contributed by atoms with Gasteiger partial charge in [0.05, 0.1) is 6.10 Å². The van der Waals surface area contributed by atoms with Crippen molar-refractivity contribution in [1.82, 2.24) is 4.57 Å². The van der Waals surface area contributed by atoms with Crippen molar-refractivity contribution >= 4 is 17.5 Å². The minimum atomic E-state index is -0.632. The van der Waals surface area contributed by atoms with Gasteiger partial charge in [0, 0.05) is 35.7 Å². The van der Waals surface area contributed by atoms with Crippen LogP contribution in [0.25, 0.3) is 0 Å². The first-order valence-electron chi connectivity index (χ1n) is 10.1. The van der Waals surface area contributed by atoms with Crippen LogP contribution in [0.15, 0.2) is 30.3 Å². The van der Waals surface area contributed by atoms with Crippen LogP contribution in [0, 0.1) is 13.8 Å². The number of hydrogen-bond donors (Lipinski definition) is 0. The Labute approximate surface area is 175 Å². The molecule has 1 aromatic heterocycles. The van der Waals surface area contributed by atoms with Gasteiger partial charge in [-0.05, 0) is 63.9 Å². The highest BCUT2D eigenvalue weighted by atomic mass is 16.6. The van der Waals surface area contributed by atoms with Gasteiger partial charge in [-0.15, -0.1) is 0 Å². The Kier molecular flexibility index (Phi) is 7.05. The van der Waals surface area contributed by atoms with E-state index in [2.05, 4.69) is 4.57 Å². The molecule has 160 valence electrons. The number of ether oxygens (including phenoxy) is 3. The Morgan fingerprint density at radius 3 is 2.50 bits per heavy atom. The number of rotatable bonds is 9. The van der Waals surface area contributed by atoms with Crippen molar-refractivity contribution in [3.8, 4) is 5.75 Å². The number of benzene rings is 1. The van der Waals surface area contributed by atoms with Crippen molar-refractivity contribution in [3.63, 3.8) is 0 Å². The van der Waals surface area contributed by atoms with E-state index >= 15 is 0 Å². The fourth-order valence-corrected chi connectivity index (χ4v) is 3.55. The largest absolute Gasteiger partial charge is 0.482 e. The van der Waals surface area contributed by atoms with Crippen LogP contribution in [0.4, 0.5) is 0 Å². The second-order valence-electron chi connectivity index (χ2n) is 7.48. The number of ketones is 2. The monoisotopic (exact) mass is 413 g/mol. The molecule has 1 saturated heterocycles. The van der Waals surface area contributed by atoms with E-state index in [9.17, 15) is 14.4 Å². The smallest absolute Gasteiger partial charge is 0.344 e. The highest BCUT2D eigenvalue weighted by Crippen LogP contribution is 2.21. The molecule has 7 heteroatoms. The molecule has 0 amide bonds. The van der Waals surface area contributed by atoms with E-state index in [1.54, 1.807) is 24.3 Å². The first-order chi connectivity index (χ1) is 14.3. The van der Waals surface area contributed by atoms with Crippen LogP contribution in [-0.4, -0.2) is 48.0 Å². The standard InChI is InChI=1S/C23H27NO6/c1-15-11-21(16(2)24(15)12-20-5-4-10-28-20)22(26)13-30-23(27)14-29-19-8-6-18(7-9-19)17(3)25/h6-9,11,20H,4-5,10,12-14H2,1-3H3/t20-/m0/s1. The van der Waals surface area contributed by atoms with Crippen LogP contribution in [0.3, 0.4) is 0 Å². The zero-order valence-corrected chi connectivity index (χ0v) is 17.6. The van der Waals surface area contributed by atoms with Gasteiger partial charge in [0.1, 0.15) is 5.75 Å². The van der Waals surface area contributed by atoms with Crippen LogP contribution >= 0.6 is 0 Å². The van der Waals surface area contributed by atoms with Crippen molar-refractivity contribution in [2.45, 2.75) is 46.3 Å². The molecular formula is C23H27NO6. The van der Waals surface area contributed by atoms with E-state index in [0.717, 1.165) is 37.4 Å². The first-order valence-corrected chi connectivity index (χ1v) is 10.1. The van der Waals surface area contributed by atoms with E-state index in [1.807, 2.05) is 19.9 Å². The second kappa shape index (κ2) is 9.71.